The van der Waals surface area contributed by atoms with Gasteiger partial charge in [0, 0.05) is 12.2 Å². The Balaban J connectivity index is 1.46. The third-order valence-electron chi connectivity index (χ3n) is 5.89. The van der Waals surface area contributed by atoms with E-state index < -0.39 is 10.0 Å². The van der Waals surface area contributed by atoms with Crippen LogP contribution in [0.2, 0.25) is 5.02 Å². The number of fused-ring (bicyclic) bond motifs is 1. The van der Waals surface area contributed by atoms with Crippen LogP contribution in [0, 0.1) is 6.92 Å². The first-order chi connectivity index (χ1) is 16.2. The van der Waals surface area contributed by atoms with Crippen molar-refractivity contribution in [3.05, 3.63) is 82.4 Å². The highest BCUT2D eigenvalue weighted by molar-refractivity contribution is 7.92. The second-order valence-electron chi connectivity index (χ2n) is 8.58. The molecule has 0 bridgehead atoms. The lowest BCUT2D eigenvalue weighted by Gasteiger charge is -2.20. The molecule has 8 heteroatoms. The molecule has 0 aliphatic carbocycles. The number of carbonyl (C=O) groups is 1. The van der Waals surface area contributed by atoms with Gasteiger partial charge in [0.15, 0.2) is 6.61 Å². The molecule has 0 atom stereocenters. The number of benzene rings is 3. The molecule has 4 rings (SSSR count). The van der Waals surface area contributed by atoms with Crippen LogP contribution in [-0.4, -0.2) is 27.5 Å². The zero-order valence-corrected chi connectivity index (χ0v) is 20.9. The Bertz CT molecular complexity index is 1340. The van der Waals surface area contributed by atoms with Crippen molar-refractivity contribution in [3.63, 3.8) is 0 Å². The lowest BCUT2D eigenvalue weighted by atomic mass is 9.98. The van der Waals surface area contributed by atoms with Gasteiger partial charge >= 0.3 is 0 Å². The molecule has 1 aliphatic rings. The number of halogens is 1. The van der Waals surface area contributed by atoms with E-state index in [0.29, 0.717) is 18.7 Å². The molecule has 0 saturated heterocycles. The van der Waals surface area contributed by atoms with Crippen LogP contribution in [0.15, 0.2) is 65.6 Å². The highest BCUT2D eigenvalue weighted by Gasteiger charge is 2.31. The van der Waals surface area contributed by atoms with Crippen molar-refractivity contribution in [1.29, 1.82) is 0 Å². The summed E-state index contributed by atoms with van der Waals surface area (Å²) in [5.74, 6) is 0.173. The van der Waals surface area contributed by atoms with Crippen LogP contribution < -0.4 is 14.4 Å². The fourth-order valence-electron chi connectivity index (χ4n) is 4.11. The zero-order valence-electron chi connectivity index (χ0n) is 19.3. The van der Waals surface area contributed by atoms with E-state index in [0.717, 1.165) is 22.4 Å². The molecule has 0 radical (unpaired) electrons. The van der Waals surface area contributed by atoms with Crippen molar-refractivity contribution in [2.24, 2.45) is 0 Å². The molecule has 0 fully saturated rings. The van der Waals surface area contributed by atoms with Gasteiger partial charge in [-0.25, -0.2) is 8.42 Å². The largest absolute Gasteiger partial charge is 0.482 e. The molecule has 34 heavy (non-hydrogen) atoms. The Morgan fingerprint density at radius 3 is 2.62 bits per heavy atom. The van der Waals surface area contributed by atoms with Crippen molar-refractivity contribution in [2.75, 3.05) is 22.8 Å². The standard InChI is InChI=1S/C26H27ClN2O4S/c1-17(2)21-9-6-7-18(3)26(21)28-25(30)16-33-24-12-11-20(15-22(24)27)34(31,32)29-14-13-19-8-4-5-10-23(19)29/h4-12,15,17H,13-14,16H2,1-3H3,(H,28,30). The van der Waals surface area contributed by atoms with E-state index in [-0.39, 0.29) is 34.1 Å². The molecule has 1 N–H and O–H groups in total. The number of ether oxygens (including phenoxy) is 1. The maximum absolute atomic E-state index is 13.2. The molecule has 1 amide bonds. The van der Waals surface area contributed by atoms with Gasteiger partial charge in [-0.15, -0.1) is 0 Å². The van der Waals surface area contributed by atoms with Crippen LogP contribution in [0.5, 0.6) is 5.75 Å². The molecule has 3 aromatic rings. The number of anilines is 2. The Morgan fingerprint density at radius 1 is 1.12 bits per heavy atom. The van der Waals surface area contributed by atoms with Crippen LogP contribution >= 0.6 is 11.6 Å². The average Bonchev–Trinajstić information content (AvgIpc) is 3.24. The SMILES string of the molecule is Cc1cccc(C(C)C)c1NC(=O)COc1ccc(S(=O)(=O)N2CCc3ccccc32)cc1Cl. The summed E-state index contributed by atoms with van der Waals surface area (Å²) in [5, 5.41) is 3.05. The number of hydrogen-bond donors (Lipinski definition) is 1. The molecule has 0 saturated carbocycles. The van der Waals surface area contributed by atoms with E-state index >= 15 is 0 Å². The van der Waals surface area contributed by atoms with E-state index in [4.69, 9.17) is 16.3 Å². The Labute approximate surface area is 205 Å². The van der Waals surface area contributed by atoms with Crippen molar-refractivity contribution in [2.45, 2.75) is 38.0 Å². The lowest BCUT2D eigenvalue weighted by molar-refractivity contribution is -0.118. The smallest absolute Gasteiger partial charge is 0.264 e. The van der Waals surface area contributed by atoms with Crippen molar-refractivity contribution in [1.82, 2.24) is 0 Å². The van der Waals surface area contributed by atoms with Crippen molar-refractivity contribution >= 4 is 38.9 Å². The molecule has 0 spiro atoms. The molecule has 1 heterocycles. The summed E-state index contributed by atoms with van der Waals surface area (Å²) in [7, 11) is -3.77. The summed E-state index contributed by atoms with van der Waals surface area (Å²) in [5.41, 5.74) is 4.48. The summed E-state index contributed by atoms with van der Waals surface area (Å²) in [6.07, 6.45) is 0.666. The zero-order chi connectivity index (χ0) is 24.5. The number of para-hydroxylation sites is 2. The fraction of sp³-hybridized carbons (Fsp3) is 0.269. The molecule has 0 aromatic heterocycles. The third kappa shape index (κ3) is 4.76. The molecule has 178 valence electrons. The Morgan fingerprint density at radius 2 is 1.88 bits per heavy atom. The molecule has 6 nitrogen and oxygen atoms in total. The summed E-state index contributed by atoms with van der Waals surface area (Å²) in [4.78, 5) is 12.6. The molecule has 3 aromatic carbocycles. The van der Waals surface area contributed by atoms with Crippen molar-refractivity contribution in [3.8, 4) is 5.75 Å². The second kappa shape index (κ2) is 9.68. The minimum Gasteiger partial charge on any atom is -0.482 e. The Kier molecular flexibility index (Phi) is 6.86. The van der Waals surface area contributed by atoms with Gasteiger partial charge in [-0.2, -0.15) is 0 Å². The van der Waals surface area contributed by atoms with E-state index in [9.17, 15) is 13.2 Å². The summed E-state index contributed by atoms with van der Waals surface area (Å²) >= 11 is 6.34. The van der Waals surface area contributed by atoms with Crippen LogP contribution in [0.1, 0.15) is 36.5 Å². The van der Waals surface area contributed by atoms with Crippen molar-refractivity contribution < 1.29 is 17.9 Å². The van der Waals surface area contributed by atoms with Gasteiger partial charge in [-0.05, 0) is 60.2 Å². The van der Waals surface area contributed by atoms with Crippen LogP contribution in [-0.2, 0) is 21.2 Å². The fourth-order valence-corrected chi connectivity index (χ4v) is 5.93. The quantitative estimate of drug-likeness (QED) is 0.464. The highest BCUT2D eigenvalue weighted by Crippen LogP contribution is 2.35. The monoisotopic (exact) mass is 498 g/mol. The number of nitrogens with zero attached hydrogens (tertiary/aromatic N) is 1. The lowest BCUT2D eigenvalue weighted by Crippen LogP contribution is -2.29. The Hall–Kier alpha value is -3.03. The number of rotatable bonds is 7. The van der Waals surface area contributed by atoms with Gasteiger partial charge in [0.25, 0.3) is 15.9 Å². The van der Waals surface area contributed by atoms with Crippen LogP contribution in [0.4, 0.5) is 11.4 Å². The predicted octanol–water partition coefficient (Wildman–Crippen LogP) is 5.54. The first kappa shape index (κ1) is 24.1. The van der Waals surface area contributed by atoms with Gasteiger partial charge < -0.3 is 10.1 Å². The summed E-state index contributed by atoms with van der Waals surface area (Å²) in [6.45, 7) is 6.21. The van der Waals surface area contributed by atoms with Crippen LogP contribution in [0.25, 0.3) is 0 Å². The summed E-state index contributed by atoms with van der Waals surface area (Å²) < 4.78 is 33.4. The van der Waals surface area contributed by atoms with E-state index in [1.807, 2.05) is 43.3 Å². The number of carbonyl (C=O) groups excluding carboxylic acids is 1. The van der Waals surface area contributed by atoms with E-state index in [1.54, 1.807) is 6.07 Å². The highest BCUT2D eigenvalue weighted by atomic mass is 35.5. The van der Waals surface area contributed by atoms with E-state index in [1.165, 1.54) is 22.5 Å². The van der Waals surface area contributed by atoms with Crippen LogP contribution in [0.3, 0.4) is 0 Å². The van der Waals surface area contributed by atoms with Gasteiger partial charge in [0.05, 0.1) is 15.6 Å². The molecular formula is C26H27ClN2O4S. The minimum atomic E-state index is -3.77. The maximum atomic E-state index is 13.2. The van der Waals surface area contributed by atoms with Gasteiger partial charge in [-0.1, -0.05) is 61.8 Å². The number of nitrogens with one attached hydrogen (secondary N) is 1. The first-order valence-corrected chi connectivity index (χ1v) is 12.9. The van der Waals surface area contributed by atoms with Gasteiger partial charge in [-0.3, -0.25) is 9.10 Å². The minimum absolute atomic E-state index is 0.0764. The summed E-state index contributed by atoms with van der Waals surface area (Å²) in [6, 6.07) is 17.7. The van der Waals surface area contributed by atoms with E-state index in [2.05, 4.69) is 19.2 Å². The third-order valence-corrected chi connectivity index (χ3v) is 7.99. The van der Waals surface area contributed by atoms with Gasteiger partial charge in [0.1, 0.15) is 5.75 Å². The first-order valence-electron chi connectivity index (χ1n) is 11.1. The molecular weight excluding hydrogens is 472 g/mol. The topological polar surface area (TPSA) is 75.7 Å². The molecule has 0 unspecified atom stereocenters. The number of aryl methyl sites for hydroxylation is 1. The predicted molar refractivity (Wildman–Crippen MR) is 136 cm³/mol. The average molecular weight is 499 g/mol. The normalized spacial score (nSPS) is 13.1. The number of sulfonamides is 1. The second-order valence-corrected chi connectivity index (χ2v) is 10.8. The molecule has 1 aliphatic heterocycles. The number of amides is 1. The number of hydrogen-bond acceptors (Lipinski definition) is 4. The van der Waals surface area contributed by atoms with Gasteiger partial charge in [0.2, 0.25) is 0 Å². The maximum Gasteiger partial charge on any atom is 0.264 e.